The van der Waals surface area contributed by atoms with Crippen LogP contribution in [0.15, 0.2) is 18.2 Å². The summed E-state index contributed by atoms with van der Waals surface area (Å²) in [6.07, 6.45) is 2.23. The predicted octanol–water partition coefficient (Wildman–Crippen LogP) is 3.95. The van der Waals surface area contributed by atoms with Crippen molar-refractivity contribution in [3.63, 3.8) is 0 Å². The molecule has 0 heterocycles. The zero-order valence-electron chi connectivity index (χ0n) is 9.51. The standard InChI is InChI=1S/C12H18ClNO/c1-4-9(5-2)14-10-6-7-11(13)12(8-10)15-3/h6-9,14H,4-5H2,1-3H3. The number of benzene rings is 1. The largest absolute Gasteiger partial charge is 0.495 e. The van der Waals surface area contributed by atoms with Crippen LogP contribution in [0.3, 0.4) is 0 Å². The molecule has 1 aromatic rings. The maximum atomic E-state index is 5.95. The maximum Gasteiger partial charge on any atom is 0.139 e. The summed E-state index contributed by atoms with van der Waals surface area (Å²) >= 11 is 5.95. The topological polar surface area (TPSA) is 21.3 Å². The predicted molar refractivity (Wildman–Crippen MR) is 66.0 cm³/mol. The number of rotatable bonds is 5. The Labute approximate surface area is 96.6 Å². The molecule has 0 unspecified atom stereocenters. The molecule has 0 spiro atoms. The minimum atomic E-state index is 0.510. The van der Waals surface area contributed by atoms with Gasteiger partial charge >= 0.3 is 0 Å². The van der Waals surface area contributed by atoms with Crippen LogP contribution in [0.2, 0.25) is 5.02 Å². The van der Waals surface area contributed by atoms with Gasteiger partial charge in [0.05, 0.1) is 12.1 Å². The van der Waals surface area contributed by atoms with Crippen molar-refractivity contribution in [3.05, 3.63) is 23.2 Å². The third kappa shape index (κ3) is 3.31. The van der Waals surface area contributed by atoms with E-state index in [9.17, 15) is 0 Å². The first-order valence-electron chi connectivity index (χ1n) is 5.31. The van der Waals surface area contributed by atoms with Gasteiger partial charge < -0.3 is 10.1 Å². The minimum absolute atomic E-state index is 0.510. The lowest BCUT2D eigenvalue weighted by Crippen LogP contribution is -2.16. The van der Waals surface area contributed by atoms with Crippen molar-refractivity contribution in [2.75, 3.05) is 12.4 Å². The Morgan fingerprint density at radius 3 is 2.53 bits per heavy atom. The Bertz CT molecular complexity index is 310. The molecule has 1 rings (SSSR count). The van der Waals surface area contributed by atoms with Crippen LogP contribution in [-0.4, -0.2) is 13.2 Å². The molecule has 0 saturated heterocycles. The van der Waals surface area contributed by atoms with Gasteiger partial charge in [-0.05, 0) is 25.0 Å². The van der Waals surface area contributed by atoms with Gasteiger partial charge in [-0.2, -0.15) is 0 Å². The van der Waals surface area contributed by atoms with Crippen molar-refractivity contribution in [1.29, 1.82) is 0 Å². The quantitative estimate of drug-likeness (QED) is 0.823. The average Bonchev–Trinajstić information content (AvgIpc) is 2.28. The van der Waals surface area contributed by atoms with Crippen LogP contribution in [-0.2, 0) is 0 Å². The van der Waals surface area contributed by atoms with E-state index < -0.39 is 0 Å². The first-order chi connectivity index (χ1) is 7.21. The van der Waals surface area contributed by atoms with Crippen LogP contribution >= 0.6 is 11.6 Å². The Hall–Kier alpha value is -0.890. The van der Waals surface area contributed by atoms with Crippen LogP contribution in [0.25, 0.3) is 0 Å². The summed E-state index contributed by atoms with van der Waals surface area (Å²) in [5, 5.41) is 4.09. The molecule has 0 radical (unpaired) electrons. The number of methoxy groups -OCH3 is 1. The highest BCUT2D eigenvalue weighted by Gasteiger charge is 2.05. The van der Waals surface area contributed by atoms with Crippen LogP contribution < -0.4 is 10.1 Å². The zero-order chi connectivity index (χ0) is 11.3. The number of hydrogen-bond donors (Lipinski definition) is 1. The third-order valence-corrected chi connectivity index (χ3v) is 2.82. The van der Waals surface area contributed by atoms with E-state index in [4.69, 9.17) is 16.3 Å². The summed E-state index contributed by atoms with van der Waals surface area (Å²) in [7, 11) is 1.63. The number of nitrogens with one attached hydrogen (secondary N) is 1. The Morgan fingerprint density at radius 2 is 2.00 bits per heavy atom. The summed E-state index contributed by atoms with van der Waals surface area (Å²) in [6, 6.07) is 6.27. The van der Waals surface area contributed by atoms with Gasteiger partial charge in [0.2, 0.25) is 0 Å². The molecule has 0 aliphatic carbocycles. The van der Waals surface area contributed by atoms with Gasteiger partial charge in [0.25, 0.3) is 0 Å². The van der Waals surface area contributed by atoms with Gasteiger partial charge in [-0.25, -0.2) is 0 Å². The zero-order valence-corrected chi connectivity index (χ0v) is 10.3. The lowest BCUT2D eigenvalue weighted by atomic mass is 10.1. The van der Waals surface area contributed by atoms with Crippen molar-refractivity contribution in [1.82, 2.24) is 0 Å². The smallest absolute Gasteiger partial charge is 0.139 e. The highest BCUT2D eigenvalue weighted by Crippen LogP contribution is 2.27. The SMILES string of the molecule is CCC(CC)Nc1ccc(Cl)c(OC)c1. The highest BCUT2D eigenvalue weighted by molar-refractivity contribution is 6.32. The fourth-order valence-corrected chi connectivity index (χ4v) is 1.67. The number of hydrogen-bond acceptors (Lipinski definition) is 2. The van der Waals surface area contributed by atoms with Crippen molar-refractivity contribution in [3.8, 4) is 5.75 Å². The van der Waals surface area contributed by atoms with Crippen molar-refractivity contribution >= 4 is 17.3 Å². The molecule has 0 aliphatic heterocycles. The fraction of sp³-hybridized carbons (Fsp3) is 0.500. The molecule has 84 valence electrons. The van der Waals surface area contributed by atoms with Crippen LogP contribution in [0.4, 0.5) is 5.69 Å². The molecule has 0 aliphatic rings. The van der Waals surface area contributed by atoms with Crippen molar-refractivity contribution < 1.29 is 4.74 Å². The van der Waals surface area contributed by atoms with E-state index >= 15 is 0 Å². The van der Waals surface area contributed by atoms with Gasteiger partial charge in [0.1, 0.15) is 5.75 Å². The first-order valence-corrected chi connectivity index (χ1v) is 5.69. The van der Waals surface area contributed by atoms with E-state index in [1.165, 1.54) is 0 Å². The second-order valence-electron chi connectivity index (χ2n) is 3.51. The Kier molecular flexibility index (Phi) is 4.76. The lowest BCUT2D eigenvalue weighted by molar-refractivity contribution is 0.415. The second-order valence-corrected chi connectivity index (χ2v) is 3.91. The molecule has 3 heteroatoms. The lowest BCUT2D eigenvalue weighted by Gasteiger charge is -2.17. The molecular formula is C12H18ClNO. The molecule has 0 atom stereocenters. The van der Waals surface area contributed by atoms with Crippen LogP contribution in [0.1, 0.15) is 26.7 Å². The first kappa shape index (κ1) is 12.2. The summed E-state index contributed by atoms with van der Waals surface area (Å²) in [5.74, 6) is 0.715. The Balaban J connectivity index is 2.77. The summed E-state index contributed by atoms with van der Waals surface area (Å²) in [4.78, 5) is 0. The molecule has 2 nitrogen and oxygen atoms in total. The monoisotopic (exact) mass is 227 g/mol. The molecule has 15 heavy (non-hydrogen) atoms. The van der Waals surface area contributed by atoms with Crippen molar-refractivity contribution in [2.24, 2.45) is 0 Å². The number of ether oxygens (including phenoxy) is 1. The van der Waals surface area contributed by atoms with E-state index in [-0.39, 0.29) is 0 Å². The van der Waals surface area contributed by atoms with Gasteiger partial charge in [-0.1, -0.05) is 25.4 Å². The van der Waals surface area contributed by atoms with Gasteiger partial charge in [0, 0.05) is 17.8 Å². The van der Waals surface area contributed by atoms with Crippen molar-refractivity contribution in [2.45, 2.75) is 32.7 Å². The molecule has 0 fully saturated rings. The molecule has 0 amide bonds. The van der Waals surface area contributed by atoms with Crippen LogP contribution in [0.5, 0.6) is 5.75 Å². The normalized spacial score (nSPS) is 10.5. The van der Waals surface area contributed by atoms with Gasteiger partial charge in [-0.15, -0.1) is 0 Å². The molecule has 1 aromatic carbocycles. The third-order valence-electron chi connectivity index (χ3n) is 2.51. The maximum absolute atomic E-state index is 5.95. The minimum Gasteiger partial charge on any atom is -0.495 e. The second kappa shape index (κ2) is 5.86. The Morgan fingerprint density at radius 1 is 1.33 bits per heavy atom. The number of anilines is 1. The average molecular weight is 228 g/mol. The number of halogens is 1. The van der Waals surface area contributed by atoms with Gasteiger partial charge in [0.15, 0.2) is 0 Å². The summed E-state index contributed by atoms with van der Waals surface area (Å²) in [5.41, 5.74) is 1.06. The molecule has 0 aromatic heterocycles. The van der Waals surface area contributed by atoms with Gasteiger partial charge in [-0.3, -0.25) is 0 Å². The van der Waals surface area contributed by atoms with E-state index in [0.29, 0.717) is 16.8 Å². The van der Waals surface area contributed by atoms with Crippen LogP contribution in [0, 0.1) is 0 Å². The molecule has 1 N–H and O–H groups in total. The van der Waals surface area contributed by atoms with E-state index in [1.54, 1.807) is 7.11 Å². The van der Waals surface area contributed by atoms with E-state index in [0.717, 1.165) is 18.5 Å². The molecular weight excluding hydrogens is 210 g/mol. The highest BCUT2D eigenvalue weighted by atomic mass is 35.5. The van der Waals surface area contributed by atoms with E-state index in [2.05, 4.69) is 19.2 Å². The summed E-state index contributed by atoms with van der Waals surface area (Å²) in [6.45, 7) is 4.35. The molecule has 0 bridgehead atoms. The molecule has 0 saturated carbocycles. The summed E-state index contributed by atoms with van der Waals surface area (Å²) < 4.78 is 5.16. The fourth-order valence-electron chi connectivity index (χ4n) is 1.48. The van der Waals surface area contributed by atoms with E-state index in [1.807, 2.05) is 18.2 Å².